The number of nitrogens with one attached hydrogen (secondary N) is 1. The van der Waals surface area contributed by atoms with Gasteiger partial charge in [0.2, 0.25) is 5.91 Å². The van der Waals surface area contributed by atoms with E-state index in [2.05, 4.69) is 5.32 Å². The van der Waals surface area contributed by atoms with E-state index in [9.17, 15) is 4.79 Å². The Morgan fingerprint density at radius 3 is 2.29 bits per heavy atom. The van der Waals surface area contributed by atoms with Gasteiger partial charge in [0.25, 0.3) is 0 Å². The maximum atomic E-state index is 12.0. The van der Waals surface area contributed by atoms with Crippen LogP contribution in [0.5, 0.6) is 5.75 Å². The second kappa shape index (κ2) is 9.08. The predicted octanol–water partition coefficient (Wildman–Crippen LogP) is 3.57. The van der Waals surface area contributed by atoms with E-state index in [0.717, 1.165) is 23.3 Å². The standard InChI is InChI=1S/C20H26N2O2/c1-3-18(21)20(23)22-19(4-2)16-10-12-17(13-11-16)24-14-15-8-6-5-7-9-15/h5-13,18-19H,3-4,14,21H2,1-2H3,(H,22,23)/t18?,19-/m0/s1. The van der Waals surface area contributed by atoms with Crippen LogP contribution < -0.4 is 15.8 Å². The van der Waals surface area contributed by atoms with Crippen molar-refractivity contribution < 1.29 is 9.53 Å². The number of nitrogens with two attached hydrogens (primary N) is 1. The minimum absolute atomic E-state index is 0.0294. The van der Waals surface area contributed by atoms with Crippen molar-refractivity contribution in [3.05, 3.63) is 65.7 Å². The van der Waals surface area contributed by atoms with Crippen LogP contribution in [0.15, 0.2) is 54.6 Å². The quantitative estimate of drug-likeness (QED) is 0.779. The van der Waals surface area contributed by atoms with E-state index in [1.807, 2.05) is 68.4 Å². The third kappa shape index (κ3) is 5.10. The molecule has 0 fully saturated rings. The average molecular weight is 326 g/mol. The van der Waals surface area contributed by atoms with Crippen LogP contribution in [-0.2, 0) is 11.4 Å². The van der Waals surface area contributed by atoms with Crippen LogP contribution in [0.25, 0.3) is 0 Å². The fraction of sp³-hybridized carbons (Fsp3) is 0.350. The molecule has 0 saturated carbocycles. The normalized spacial score (nSPS) is 13.1. The molecule has 0 aliphatic rings. The summed E-state index contributed by atoms with van der Waals surface area (Å²) in [6.07, 6.45) is 1.45. The molecule has 0 heterocycles. The number of rotatable bonds is 8. The zero-order chi connectivity index (χ0) is 17.4. The highest BCUT2D eigenvalue weighted by Crippen LogP contribution is 2.21. The zero-order valence-electron chi connectivity index (χ0n) is 14.4. The molecule has 3 N–H and O–H groups in total. The second-order valence-electron chi connectivity index (χ2n) is 5.83. The van der Waals surface area contributed by atoms with Gasteiger partial charge in [0.05, 0.1) is 12.1 Å². The molecule has 128 valence electrons. The maximum Gasteiger partial charge on any atom is 0.237 e. The second-order valence-corrected chi connectivity index (χ2v) is 5.83. The van der Waals surface area contributed by atoms with Gasteiger partial charge < -0.3 is 15.8 Å². The predicted molar refractivity (Wildman–Crippen MR) is 96.7 cm³/mol. The molecule has 4 heteroatoms. The Kier molecular flexibility index (Phi) is 6.82. The highest BCUT2D eigenvalue weighted by Gasteiger charge is 2.16. The number of amides is 1. The van der Waals surface area contributed by atoms with Crippen molar-refractivity contribution in [3.63, 3.8) is 0 Å². The third-order valence-electron chi connectivity index (χ3n) is 4.03. The highest BCUT2D eigenvalue weighted by atomic mass is 16.5. The van der Waals surface area contributed by atoms with Gasteiger partial charge in [-0.15, -0.1) is 0 Å². The first kappa shape index (κ1) is 18.0. The monoisotopic (exact) mass is 326 g/mol. The van der Waals surface area contributed by atoms with E-state index >= 15 is 0 Å². The molecule has 24 heavy (non-hydrogen) atoms. The van der Waals surface area contributed by atoms with Crippen LogP contribution >= 0.6 is 0 Å². The van der Waals surface area contributed by atoms with Crippen molar-refractivity contribution in [2.24, 2.45) is 5.73 Å². The van der Waals surface area contributed by atoms with E-state index in [-0.39, 0.29) is 11.9 Å². The van der Waals surface area contributed by atoms with Gasteiger partial charge in [0.15, 0.2) is 0 Å². The van der Waals surface area contributed by atoms with Crippen LogP contribution in [-0.4, -0.2) is 11.9 Å². The highest BCUT2D eigenvalue weighted by molar-refractivity contribution is 5.81. The lowest BCUT2D eigenvalue weighted by Crippen LogP contribution is -2.41. The lowest BCUT2D eigenvalue weighted by atomic mass is 10.0. The molecule has 4 nitrogen and oxygen atoms in total. The molecule has 0 bridgehead atoms. The van der Waals surface area contributed by atoms with E-state index in [4.69, 9.17) is 10.5 Å². The number of hydrogen-bond acceptors (Lipinski definition) is 3. The van der Waals surface area contributed by atoms with Gasteiger partial charge in [-0.25, -0.2) is 0 Å². The van der Waals surface area contributed by atoms with E-state index < -0.39 is 6.04 Å². The summed E-state index contributed by atoms with van der Waals surface area (Å²) in [7, 11) is 0. The fourth-order valence-corrected chi connectivity index (χ4v) is 2.42. The number of benzene rings is 2. The average Bonchev–Trinajstić information content (AvgIpc) is 2.65. The molecule has 2 atom stereocenters. The molecule has 0 radical (unpaired) electrons. The van der Waals surface area contributed by atoms with Crippen LogP contribution in [0.2, 0.25) is 0 Å². The van der Waals surface area contributed by atoms with Crippen molar-refractivity contribution in [1.82, 2.24) is 5.32 Å². The van der Waals surface area contributed by atoms with Gasteiger partial charge in [0, 0.05) is 0 Å². The van der Waals surface area contributed by atoms with Crippen molar-refractivity contribution in [1.29, 1.82) is 0 Å². The summed E-state index contributed by atoms with van der Waals surface area (Å²) < 4.78 is 5.79. The van der Waals surface area contributed by atoms with Crippen LogP contribution in [0.1, 0.15) is 43.9 Å². The summed E-state index contributed by atoms with van der Waals surface area (Å²) in [5.74, 6) is 0.711. The molecule has 0 spiro atoms. The lowest BCUT2D eigenvalue weighted by molar-refractivity contribution is -0.123. The summed E-state index contributed by atoms with van der Waals surface area (Å²) in [5.41, 5.74) is 7.97. The first-order chi connectivity index (χ1) is 11.6. The summed E-state index contributed by atoms with van der Waals surface area (Å²) >= 11 is 0. The lowest BCUT2D eigenvalue weighted by Gasteiger charge is -2.20. The largest absolute Gasteiger partial charge is 0.489 e. The minimum Gasteiger partial charge on any atom is -0.489 e. The topological polar surface area (TPSA) is 64.4 Å². The van der Waals surface area contributed by atoms with Gasteiger partial charge in [-0.1, -0.05) is 56.3 Å². The summed E-state index contributed by atoms with van der Waals surface area (Å²) in [6, 6.07) is 17.4. The maximum absolute atomic E-state index is 12.0. The minimum atomic E-state index is -0.451. The molecule has 0 aromatic heterocycles. The molecule has 0 aliphatic heterocycles. The SMILES string of the molecule is CCC(N)C(=O)N[C@@H](CC)c1ccc(OCc2ccccc2)cc1. The molecule has 2 aromatic rings. The Labute approximate surface area is 144 Å². The molecule has 2 aromatic carbocycles. The Hall–Kier alpha value is -2.33. The van der Waals surface area contributed by atoms with E-state index in [0.29, 0.717) is 13.0 Å². The third-order valence-corrected chi connectivity index (χ3v) is 4.03. The Balaban J connectivity index is 1.95. The number of carbonyl (C=O) groups is 1. The first-order valence-electron chi connectivity index (χ1n) is 8.46. The Morgan fingerprint density at radius 1 is 1.04 bits per heavy atom. The van der Waals surface area contributed by atoms with Gasteiger partial charge in [-0.05, 0) is 36.1 Å². The summed E-state index contributed by atoms with van der Waals surface area (Å²) in [4.78, 5) is 12.0. The molecule has 0 saturated heterocycles. The zero-order valence-corrected chi connectivity index (χ0v) is 14.4. The van der Waals surface area contributed by atoms with Gasteiger partial charge in [-0.3, -0.25) is 4.79 Å². The number of hydrogen-bond donors (Lipinski definition) is 2. The van der Waals surface area contributed by atoms with Crippen LogP contribution in [0.4, 0.5) is 0 Å². The smallest absolute Gasteiger partial charge is 0.237 e. The Bertz CT molecular complexity index is 626. The molecule has 1 unspecified atom stereocenters. The van der Waals surface area contributed by atoms with Crippen molar-refractivity contribution >= 4 is 5.91 Å². The molecule has 1 amide bonds. The Morgan fingerprint density at radius 2 is 1.71 bits per heavy atom. The van der Waals surface area contributed by atoms with Gasteiger partial charge in [0.1, 0.15) is 12.4 Å². The van der Waals surface area contributed by atoms with Gasteiger partial charge in [-0.2, -0.15) is 0 Å². The van der Waals surface area contributed by atoms with Crippen molar-refractivity contribution in [3.8, 4) is 5.75 Å². The van der Waals surface area contributed by atoms with Crippen molar-refractivity contribution in [2.75, 3.05) is 0 Å². The number of ether oxygens (including phenoxy) is 1. The first-order valence-corrected chi connectivity index (χ1v) is 8.46. The van der Waals surface area contributed by atoms with Crippen molar-refractivity contribution in [2.45, 2.75) is 45.4 Å². The fourth-order valence-electron chi connectivity index (χ4n) is 2.42. The number of carbonyl (C=O) groups excluding carboxylic acids is 1. The van der Waals surface area contributed by atoms with Crippen LogP contribution in [0, 0.1) is 0 Å². The van der Waals surface area contributed by atoms with Gasteiger partial charge >= 0.3 is 0 Å². The molecule has 2 rings (SSSR count). The summed E-state index contributed by atoms with van der Waals surface area (Å²) in [6.45, 7) is 4.49. The molecular weight excluding hydrogens is 300 g/mol. The molecular formula is C20H26N2O2. The molecule has 0 aliphatic carbocycles. The van der Waals surface area contributed by atoms with E-state index in [1.54, 1.807) is 0 Å². The summed E-state index contributed by atoms with van der Waals surface area (Å²) in [5, 5.41) is 3.01. The van der Waals surface area contributed by atoms with Crippen LogP contribution in [0.3, 0.4) is 0 Å². The van der Waals surface area contributed by atoms with E-state index in [1.165, 1.54) is 0 Å².